The summed E-state index contributed by atoms with van der Waals surface area (Å²) in [5.41, 5.74) is 0.251. The fraction of sp³-hybridized carbons (Fsp3) is 0.655. The Labute approximate surface area is 236 Å². The molecule has 1 aromatic carbocycles. The van der Waals surface area contributed by atoms with E-state index in [-0.39, 0.29) is 36.8 Å². The van der Waals surface area contributed by atoms with Crippen LogP contribution in [0, 0.1) is 5.92 Å². The van der Waals surface area contributed by atoms with Gasteiger partial charge in [0.05, 0.1) is 17.7 Å². The first-order valence-electron chi connectivity index (χ1n) is 14.5. The van der Waals surface area contributed by atoms with E-state index in [0.717, 1.165) is 32.5 Å². The van der Waals surface area contributed by atoms with E-state index < -0.39 is 42.0 Å². The van der Waals surface area contributed by atoms with Crippen molar-refractivity contribution in [3.05, 3.63) is 29.8 Å². The molecule has 222 valence electrons. The largest absolute Gasteiger partial charge is 0.491 e. The summed E-state index contributed by atoms with van der Waals surface area (Å²) in [6.07, 6.45) is 2.99. The van der Waals surface area contributed by atoms with Crippen molar-refractivity contribution in [3.8, 4) is 5.75 Å². The average molecular weight is 560 g/mol. The standard InChI is InChI=1S/C29H45N5O6/c1-19(2)23-18-40-24-11-5-4-10-21(24)27(37)31-22(12-13-25(36)33-26(20(3)35)29(39)32-23)28(38)30-14-6-7-15-34-16-8-9-17-34/h4-5,10-11,19-20,22-23,26,35H,6-9,12-18H2,1-3H3,(H,30,38)(H,31,37)(H,32,39)(H,33,36)/t20-,22+,23-,26+/m1/s1. The third kappa shape index (κ3) is 9.48. The van der Waals surface area contributed by atoms with E-state index >= 15 is 0 Å². The van der Waals surface area contributed by atoms with E-state index in [4.69, 9.17) is 4.74 Å². The van der Waals surface area contributed by atoms with Crippen LogP contribution in [-0.4, -0.2) is 90.7 Å². The molecule has 1 fully saturated rings. The molecule has 1 saturated heterocycles. The number of benzene rings is 1. The van der Waals surface area contributed by atoms with Crippen LogP contribution >= 0.6 is 0 Å². The maximum absolute atomic E-state index is 13.3. The summed E-state index contributed by atoms with van der Waals surface area (Å²) in [7, 11) is 0. The van der Waals surface area contributed by atoms with Gasteiger partial charge in [0.25, 0.3) is 5.91 Å². The molecule has 2 aliphatic rings. The Hall–Kier alpha value is -3.18. The normalized spacial score (nSPS) is 24.0. The summed E-state index contributed by atoms with van der Waals surface area (Å²) < 4.78 is 5.97. The Kier molecular flexibility index (Phi) is 12.2. The van der Waals surface area contributed by atoms with Crippen LogP contribution in [0.25, 0.3) is 0 Å². The number of nitrogens with one attached hydrogen (secondary N) is 4. The van der Waals surface area contributed by atoms with Gasteiger partial charge in [0, 0.05) is 13.0 Å². The fourth-order valence-corrected chi connectivity index (χ4v) is 4.87. The van der Waals surface area contributed by atoms with E-state index in [1.807, 2.05) is 13.8 Å². The number of amides is 4. The number of aliphatic hydroxyl groups excluding tert-OH is 1. The summed E-state index contributed by atoms with van der Waals surface area (Å²) in [5.74, 6) is -1.63. The Morgan fingerprint density at radius 2 is 1.80 bits per heavy atom. The number of hydrogen-bond acceptors (Lipinski definition) is 7. The first kappa shape index (κ1) is 31.3. The summed E-state index contributed by atoms with van der Waals surface area (Å²) >= 11 is 0. The van der Waals surface area contributed by atoms with Gasteiger partial charge in [0.1, 0.15) is 24.4 Å². The summed E-state index contributed by atoms with van der Waals surface area (Å²) in [4.78, 5) is 54.6. The molecular formula is C29H45N5O6. The van der Waals surface area contributed by atoms with Crippen LogP contribution in [0.15, 0.2) is 24.3 Å². The lowest BCUT2D eigenvalue weighted by atomic mass is 10.0. The van der Waals surface area contributed by atoms with Gasteiger partial charge in [0.2, 0.25) is 17.7 Å². The van der Waals surface area contributed by atoms with Crippen molar-refractivity contribution in [1.82, 2.24) is 26.2 Å². The number of aliphatic hydroxyl groups is 1. The summed E-state index contributed by atoms with van der Waals surface area (Å²) in [6, 6.07) is 4.10. The predicted octanol–water partition coefficient (Wildman–Crippen LogP) is 0.956. The maximum atomic E-state index is 13.3. The van der Waals surface area contributed by atoms with Crippen LogP contribution in [0.1, 0.15) is 69.7 Å². The van der Waals surface area contributed by atoms with E-state index in [9.17, 15) is 24.3 Å². The van der Waals surface area contributed by atoms with Crippen LogP contribution < -0.4 is 26.0 Å². The van der Waals surface area contributed by atoms with Crippen LogP contribution in [0.2, 0.25) is 0 Å². The van der Waals surface area contributed by atoms with Gasteiger partial charge in [-0.3, -0.25) is 19.2 Å². The minimum absolute atomic E-state index is 0.0168. The molecule has 11 nitrogen and oxygen atoms in total. The molecule has 1 aromatic rings. The van der Waals surface area contributed by atoms with Crippen molar-refractivity contribution in [3.63, 3.8) is 0 Å². The van der Waals surface area contributed by atoms with Crippen molar-refractivity contribution in [2.45, 2.75) is 83.5 Å². The number of fused-ring (bicyclic) bond motifs is 1. The Bertz CT molecular complexity index is 1010. The number of rotatable bonds is 8. The summed E-state index contributed by atoms with van der Waals surface area (Å²) in [5, 5.41) is 21.3. The zero-order chi connectivity index (χ0) is 29.1. The second kappa shape index (κ2) is 15.6. The minimum Gasteiger partial charge on any atom is -0.491 e. The Morgan fingerprint density at radius 1 is 1.07 bits per heavy atom. The Balaban J connectivity index is 1.74. The lowest BCUT2D eigenvalue weighted by molar-refractivity contribution is -0.132. The fourth-order valence-electron chi connectivity index (χ4n) is 4.87. The highest BCUT2D eigenvalue weighted by Crippen LogP contribution is 2.20. The Morgan fingerprint density at radius 3 is 2.50 bits per heavy atom. The topological polar surface area (TPSA) is 149 Å². The number of para-hydroxylation sites is 1. The van der Waals surface area contributed by atoms with Crippen molar-refractivity contribution >= 4 is 23.6 Å². The molecule has 40 heavy (non-hydrogen) atoms. The molecule has 2 heterocycles. The summed E-state index contributed by atoms with van der Waals surface area (Å²) in [6.45, 7) is 9.03. The highest BCUT2D eigenvalue weighted by atomic mass is 16.5. The van der Waals surface area contributed by atoms with E-state index in [1.165, 1.54) is 19.8 Å². The van der Waals surface area contributed by atoms with Gasteiger partial charge < -0.3 is 36.0 Å². The van der Waals surface area contributed by atoms with E-state index in [2.05, 4.69) is 26.2 Å². The molecule has 11 heteroatoms. The molecular weight excluding hydrogens is 514 g/mol. The van der Waals surface area contributed by atoms with Crippen LogP contribution in [0.4, 0.5) is 0 Å². The minimum atomic E-state index is -1.18. The molecule has 5 N–H and O–H groups in total. The molecule has 0 radical (unpaired) electrons. The average Bonchev–Trinajstić information content (AvgIpc) is 3.44. The second-order valence-electron chi connectivity index (χ2n) is 11.1. The lowest BCUT2D eigenvalue weighted by Gasteiger charge is -2.27. The highest BCUT2D eigenvalue weighted by molar-refractivity contribution is 5.99. The van der Waals surface area contributed by atoms with Crippen LogP contribution in [0.5, 0.6) is 5.75 Å². The van der Waals surface area contributed by atoms with Crippen molar-refractivity contribution < 1.29 is 29.0 Å². The number of carbonyl (C=O) groups is 4. The van der Waals surface area contributed by atoms with Crippen molar-refractivity contribution in [2.75, 3.05) is 32.8 Å². The highest BCUT2D eigenvalue weighted by Gasteiger charge is 2.30. The van der Waals surface area contributed by atoms with Crippen molar-refractivity contribution in [1.29, 1.82) is 0 Å². The molecule has 2 aliphatic heterocycles. The number of nitrogens with zero attached hydrogens (tertiary/aromatic N) is 1. The SMILES string of the molecule is CC(C)[C@H]1COc2ccccc2C(=O)N[C@H](C(=O)NCCCCN2CCCC2)CCC(=O)N[C@@H]([C@@H](C)O)C(=O)N1. The quantitative estimate of drug-likeness (QED) is 0.298. The third-order valence-electron chi connectivity index (χ3n) is 7.44. The second-order valence-corrected chi connectivity index (χ2v) is 11.1. The zero-order valence-electron chi connectivity index (χ0n) is 23.9. The number of carbonyl (C=O) groups excluding carboxylic acids is 4. The van der Waals surface area contributed by atoms with Crippen LogP contribution in [0.3, 0.4) is 0 Å². The molecule has 3 rings (SSSR count). The molecule has 0 unspecified atom stereocenters. The molecule has 0 aliphatic carbocycles. The lowest BCUT2D eigenvalue weighted by Crippen LogP contribution is -2.56. The maximum Gasteiger partial charge on any atom is 0.255 e. The van der Waals surface area contributed by atoms with Gasteiger partial charge in [-0.1, -0.05) is 26.0 Å². The van der Waals surface area contributed by atoms with E-state index in [1.54, 1.807) is 24.3 Å². The van der Waals surface area contributed by atoms with Gasteiger partial charge >= 0.3 is 0 Å². The van der Waals surface area contributed by atoms with Gasteiger partial charge in [-0.05, 0) is 76.7 Å². The molecule has 4 amide bonds. The number of unbranched alkanes of at least 4 members (excludes halogenated alkanes) is 1. The first-order valence-corrected chi connectivity index (χ1v) is 14.5. The van der Waals surface area contributed by atoms with Crippen molar-refractivity contribution in [2.24, 2.45) is 5.92 Å². The van der Waals surface area contributed by atoms with E-state index in [0.29, 0.717) is 12.3 Å². The first-order chi connectivity index (χ1) is 19.2. The van der Waals surface area contributed by atoms with Gasteiger partial charge in [-0.25, -0.2) is 0 Å². The zero-order valence-corrected chi connectivity index (χ0v) is 23.9. The molecule has 0 aromatic heterocycles. The monoisotopic (exact) mass is 559 g/mol. The number of hydrogen-bond donors (Lipinski definition) is 5. The van der Waals surface area contributed by atoms with Gasteiger partial charge in [-0.15, -0.1) is 0 Å². The molecule has 0 bridgehead atoms. The third-order valence-corrected chi connectivity index (χ3v) is 7.44. The number of ether oxygens (including phenoxy) is 1. The van der Waals surface area contributed by atoms with Crippen LogP contribution in [-0.2, 0) is 14.4 Å². The molecule has 0 saturated carbocycles. The predicted molar refractivity (Wildman–Crippen MR) is 151 cm³/mol. The number of likely N-dealkylation sites (tertiary alicyclic amines) is 1. The van der Waals surface area contributed by atoms with Gasteiger partial charge in [0.15, 0.2) is 0 Å². The molecule has 4 atom stereocenters. The van der Waals surface area contributed by atoms with Gasteiger partial charge in [-0.2, -0.15) is 0 Å². The molecule has 0 spiro atoms. The smallest absolute Gasteiger partial charge is 0.255 e.